The van der Waals surface area contributed by atoms with Crippen molar-refractivity contribution in [1.82, 2.24) is 20.6 Å². The van der Waals surface area contributed by atoms with Gasteiger partial charge in [0.2, 0.25) is 5.43 Å². The van der Waals surface area contributed by atoms with Crippen molar-refractivity contribution in [2.45, 2.75) is 0 Å². The summed E-state index contributed by atoms with van der Waals surface area (Å²) >= 11 is 0. The van der Waals surface area contributed by atoms with Crippen molar-refractivity contribution < 1.29 is 9.34 Å². The summed E-state index contributed by atoms with van der Waals surface area (Å²) in [6.07, 6.45) is 0. The zero-order valence-corrected chi connectivity index (χ0v) is 11.4. The summed E-state index contributed by atoms with van der Waals surface area (Å²) in [7, 11) is 0. The Morgan fingerprint density at radius 1 is 1.09 bits per heavy atom. The molecule has 4 aromatic rings. The fourth-order valence-electron chi connectivity index (χ4n) is 2.38. The minimum atomic E-state index is -0.552. The average Bonchev–Trinajstić information content (AvgIpc) is 3.08. The van der Waals surface area contributed by atoms with Crippen LogP contribution in [0.3, 0.4) is 0 Å². The van der Waals surface area contributed by atoms with Crippen molar-refractivity contribution in [3.8, 4) is 11.4 Å². The first kappa shape index (κ1) is 13.1. The zero-order valence-electron chi connectivity index (χ0n) is 11.4. The highest BCUT2D eigenvalue weighted by atomic mass is 16.6. The van der Waals surface area contributed by atoms with Crippen molar-refractivity contribution in [3.63, 3.8) is 0 Å². The number of hydrogen-bond donors (Lipinski definition) is 1. The van der Waals surface area contributed by atoms with Crippen molar-refractivity contribution >= 4 is 27.6 Å². The summed E-state index contributed by atoms with van der Waals surface area (Å²) in [5.74, 6) is 0.443. The van der Waals surface area contributed by atoms with E-state index in [0.717, 1.165) is 0 Å². The van der Waals surface area contributed by atoms with E-state index in [0.29, 0.717) is 22.4 Å². The molecule has 0 radical (unpaired) electrons. The monoisotopic (exact) mass is 309 g/mol. The van der Waals surface area contributed by atoms with Gasteiger partial charge in [0.05, 0.1) is 15.7 Å². The Balaban J connectivity index is 2.02. The van der Waals surface area contributed by atoms with Crippen LogP contribution in [0.2, 0.25) is 0 Å². The Bertz CT molecular complexity index is 1120. The number of non-ortho nitro benzene ring substituents is 1. The summed E-state index contributed by atoms with van der Waals surface area (Å²) in [5, 5.41) is 24.8. The number of nitrogens with zero attached hydrogens (tertiary/aromatic N) is 4. The molecule has 0 amide bonds. The lowest BCUT2D eigenvalue weighted by Crippen LogP contribution is -2.03. The highest BCUT2D eigenvalue weighted by Gasteiger charge is 2.14. The maximum absolute atomic E-state index is 12.5. The first-order valence-corrected chi connectivity index (χ1v) is 6.52. The molecule has 0 saturated carbocycles. The number of aromatic nitrogens is 4. The van der Waals surface area contributed by atoms with Crippen LogP contribution >= 0.6 is 0 Å². The van der Waals surface area contributed by atoms with E-state index in [1.807, 2.05) is 0 Å². The van der Waals surface area contributed by atoms with Crippen LogP contribution in [-0.4, -0.2) is 25.5 Å². The number of benzene rings is 2. The number of tetrazole rings is 1. The number of rotatable bonds is 2. The summed E-state index contributed by atoms with van der Waals surface area (Å²) in [5.41, 5.74) is 0.804. The van der Waals surface area contributed by atoms with Crippen LogP contribution in [0.4, 0.5) is 5.69 Å². The van der Waals surface area contributed by atoms with Gasteiger partial charge in [-0.3, -0.25) is 14.9 Å². The highest BCUT2D eigenvalue weighted by molar-refractivity contribution is 5.92. The maximum Gasteiger partial charge on any atom is 0.270 e. The summed E-state index contributed by atoms with van der Waals surface area (Å²) in [6.45, 7) is 0. The van der Waals surface area contributed by atoms with Crippen LogP contribution in [-0.2, 0) is 0 Å². The van der Waals surface area contributed by atoms with Gasteiger partial charge in [-0.1, -0.05) is 6.07 Å². The Kier molecular flexibility index (Phi) is 2.67. The van der Waals surface area contributed by atoms with Crippen molar-refractivity contribution in [2.24, 2.45) is 0 Å². The molecule has 0 fully saturated rings. The number of hydrogen-bond acceptors (Lipinski definition) is 7. The van der Waals surface area contributed by atoms with E-state index in [4.69, 9.17) is 4.42 Å². The second kappa shape index (κ2) is 4.70. The summed E-state index contributed by atoms with van der Waals surface area (Å²) in [6, 6.07) is 8.81. The summed E-state index contributed by atoms with van der Waals surface area (Å²) < 4.78 is 5.70. The lowest BCUT2D eigenvalue weighted by atomic mass is 10.1. The number of nitro benzene ring substituents is 1. The lowest BCUT2D eigenvalue weighted by Gasteiger charge is -2.03. The molecule has 112 valence electrons. The van der Waals surface area contributed by atoms with Crippen molar-refractivity contribution in [3.05, 3.63) is 56.7 Å². The van der Waals surface area contributed by atoms with Gasteiger partial charge < -0.3 is 4.42 Å². The van der Waals surface area contributed by atoms with E-state index in [1.165, 1.54) is 18.2 Å². The van der Waals surface area contributed by atoms with E-state index < -0.39 is 4.92 Å². The predicted octanol–water partition coefficient (Wildman–Crippen LogP) is 2.03. The minimum absolute atomic E-state index is 0.159. The van der Waals surface area contributed by atoms with Gasteiger partial charge in [-0.15, -0.1) is 5.10 Å². The molecule has 4 rings (SSSR count). The Labute approximate surface area is 126 Å². The highest BCUT2D eigenvalue weighted by Crippen LogP contribution is 2.25. The van der Waals surface area contributed by atoms with Crippen molar-refractivity contribution in [2.75, 3.05) is 0 Å². The number of H-pyrrole nitrogens is 1. The van der Waals surface area contributed by atoms with E-state index in [9.17, 15) is 14.9 Å². The van der Waals surface area contributed by atoms with Gasteiger partial charge in [-0.2, -0.15) is 0 Å². The van der Waals surface area contributed by atoms with Crippen LogP contribution in [0.1, 0.15) is 0 Å². The van der Waals surface area contributed by atoms with Gasteiger partial charge in [0, 0.05) is 17.7 Å². The molecule has 2 aromatic carbocycles. The molecule has 0 atom stereocenters. The zero-order chi connectivity index (χ0) is 16.0. The molecule has 0 saturated heterocycles. The smallest absolute Gasteiger partial charge is 0.270 e. The largest absolute Gasteiger partial charge is 0.456 e. The van der Waals surface area contributed by atoms with Gasteiger partial charge in [-0.25, -0.2) is 5.10 Å². The van der Waals surface area contributed by atoms with Gasteiger partial charge in [0.15, 0.2) is 5.82 Å². The predicted molar refractivity (Wildman–Crippen MR) is 79.8 cm³/mol. The summed E-state index contributed by atoms with van der Waals surface area (Å²) in [4.78, 5) is 22.8. The molecule has 9 heteroatoms. The molecule has 0 aliphatic rings. The lowest BCUT2D eigenvalue weighted by molar-refractivity contribution is -0.384. The van der Waals surface area contributed by atoms with Crippen LogP contribution in [0, 0.1) is 10.1 Å². The quantitative estimate of drug-likeness (QED) is 0.341. The first-order chi connectivity index (χ1) is 11.1. The molecule has 0 unspecified atom stereocenters. The van der Waals surface area contributed by atoms with Crippen LogP contribution in [0.5, 0.6) is 0 Å². The van der Waals surface area contributed by atoms with Gasteiger partial charge in [0.1, 0.15) is 11.2 Å². The molecule has 0 aliphatic carbocycles. The standard InChI is InChI=1S/C14H7N5O4/c20-13-9-3-1-7(14-15-17-18-16-14)5-12(9)23-11-4-2-8(19(21)22)6-10(11)13/h1-6H,(H,15,16,17,18). The number of aromatic amines is 1. The fraction of sp³-hybridized carbons (Fsp3) is 0. The Morgan fingerprint density at radius 2 is 1.96 bits per heavy atom. The van der Waals surface area contributed by atoms with E-state index in [-0.39, 0.29) is 22.1 Å². The maximum atomic E-state index is 12.5. The molecule has 2 heterocycles. The van der Waals surface area contributed by atoms with Crippen molar-refractivity contribution in [1.29, 1.82) is 0 Å². The molecule has 23 heavy (non-hydrogen) atoms. The minimum Gasteiger partial charge on any atom is -0.456 e. The SMILES string of the molecule is O=c1c2ccc(-c3nnn[nH]3)cc2oc2ccc([N+](=O)[O-])cc12. The van der Waals surface area contributed by atoms with Crippen LogP contribution in [0.25, 0.3) is 33.3 Å². The first-order valence-electron chi connectivity index (χ1n) is 6.52. The molecule has 0 bridgehead atoms. The van der Waals surface area contributed by atoms with Gasteiger partial charge >= 0.3 is 0 Å². The molecule has 2 aromatic heterocycles. The topological polar surface area (TPSA) is 128 Å². The van der Waals surface area contributed by atoms with Crippen LogP contribution < -0.4 is 5.43 Å². The molecular weight excluding hydrogens is 302 g/mol. The molecule has 0 aliphatic heterocycles. The Morgan fingerprint density at radius 3 is 2.70 bits per heavy atom. The number of nitro groups is 1. The second-order valence-corrected chi connectivity index (χ2v) is 4.83. The van der Waals surface area contributed by atoms with E-state index in [1.54, 1.807) is 18.2 Å². The number of fused-ring (bicyclic) bond motifs is 2. The molecule has 9 nitrogen and oxygen atoms in total. The second-order valence-electron chi connectivity index (χ2n) is 4.83. The van der Waals surface area contributed by atoms with Gasteiger partial charge in [-0.05, 0) is 28.6 Å². The Hall–Kier alpha value is -3.62. The third kappa shape index (κ3) is 2.02. The molecular formula is C14H7N5O4. The van der Waals surface area contributed by atoms with Crippen LogP contribution in [0.15, 0.2) is 45.6 Å². The average molecular weight is 309 g/mol. The molecule has 0 spiro atoms. The fourth-order valence-corrected chi connectivity index (χ4v) is 2.38. The molecule has 1 N–H and O–H groups in total. The van der Waals surface area contributed by atoms with E-state index >= 15 is 0 Å². The third-order valence-electron chi connectivity index (χ3n) is 3.48. The third-order valence-corrected chi connectivity index (χ3v) is 3.48. The van der Waals surface area contributed by atoms with Gasteiger partial charge in [0.25, 0.3) is 5.69 Å². The van der Waals surface area contributed by atoms with E-state index in [2.05, 4.69) is 20.6 Å². The normalized spacial score (nSPS) is 11.1. The number of nitrogens with one attached hydrogen (secondary N) is 1.